The molecule has 3 heteroatoms. The molecule has 1 atom stereocenters. The highest BCUT2D eigenvalue weighted by molar-refractivity contribution is 5.00. The first-order valence-corrected chi connectivity index (χ1v) is 6.23. The van der Waals surface area contributed by atoms with Gasteiger partial charge in [0.15, 0.2) is 0 Å². The van der Waals surface area contributed by atoms with Crippen LogP contribution in [0.25, 0.3) is 0 Å². The molecule has 1 aromatic heterocycles. The number of aryl methyl sites for hydroxylation is 1. The van der Waals surface area contributed by atoms with E-state index in [2.05, 4.69) is 29.1 Å². The topological polar surface area (TPSA) is 37.8 Å². The Bertz CT molecular complexity index is 282. The van der Waals surface area contributed by atoms with Gasteiger partial charge in [0.25, 0.3) is 0 Å². The van der Waals surface area contributed by atoms with Gasteiger partial charge in [0.05, 0.1) is 11.4 Å². The van der Waals surface area contributed by atoms with Gasteiger partial charge >= 0.3 is 0 Å². The highest BCUT2D eigenvalue weighted by atomic mass is 14.9. The van der Waals surface area contributed by atoms with E-state index in [0.717, 1.165) is 17.9 Å². The van der Waals surface area contributed by atoms with Crippen LogP contribution in [0.1, 0.15) is 50.9 Å². The second-order valence-electron chi connectivity index (χ2n) is 4.43. The van der Waals surface area contributed by atoms with Crippen molar-refractivity contribution in [1.82, 2.24) is 15.3 Å². The lowest BCUT2D eigenvalue weighted by atomic mass is 10.1. The summed E-state index contributed by atoms with van der Waals surface area (Å²) in [6.45, 7) is 7.25. The molecule has 0 amide bonds. The van der Waals surface area contributed by atoms with Crippen LogP contribution in [0.2, 0.25) is 0 Å². The maximum atomic E-state index is 4.32. The average molecular weight is 221 g/mol. The molecule has 1 rings (SSSR count). The van der Waals surface area contributed by atoms with E-state index < -0.39 is 0 Å². The van der Waals surface area contributed by atoms with Gasteiger partial charge in [-0.05, 0) is 20.3 Å². The molecular weight excluding hydrogens is 198 g/mol. The van der Waals surface area contributed by atoms with Crippen LogP contribution in [0.15, 0.2) is 12.4 Å². The molecule has 0 aliphatic rings. The minimum atomic E-state index is 0.564. The lowest BCUT2D eigenvalue weighted by molar-refractivity contribution is 0.483. The van der Waals surface area contributed by atoms with Gasteiger partial charge in [-0.25, -0.2) is 0 Å². The van der Waals surface area contributed by atoms with Crippen LogP contribution in [0, 0.1) is 6.92 Å². The minimum absolute atomic E-state index is 0.564. The van der Waals surface area contributed by atoms with Crippen molar-refractivity contribution in [2.24, 2.45) is 0 Å². The first-order chi connectivity index (χ1) is 7.72. The number of nitrogens with one attached hydrogen (secondary N) is 1. The molecule has 0 radical (unpaired) electrons. The Labute approximate surface area is 98.7 Å². The molecule has 90 valence electrons. The molecule has 0 aliphatic carbocycles. The Kier molecular flexibility index (Phi) is 6.01. The van der Waals surface area contributed by atoms with Crippen LogP contribution < -0.4 is 5.32 Å². The van der Waals surface area contributed by atoms with Crippen molar-refractivity contribution < 1.29 is 0 Å². The van der Waals surface area contributed by atoms with Crippen molar-refractivity contribution >= 4 is 0 Å². The van der Waals surface area contributed by atoms with Crippen molar-refractivity contribution in [1.29, 1.82) is 0 Å². The number of hydrogen-bond donors (Lipinski definition) is 1. The molecule has 1 heterocycles. The third-order valence-electron chi connectivity index (χ3n) is 2.71. The fraction of sp³-hybridized carbons (Fsp3) is 0.692. The second kappa shape index (κ2) is 7.34. The summed E-state index contributed by atoms with van der Waals surface area (Å²) in [5.74, 6) is 0. The summed E-state index contributed by atoms with van der Waals surface area (Å²) in [5.41, 5.74) is 1.99. The Morgan fingerprint density at radius 2 is 2.06 bits per heavy atom. The molecule has 3 nitrogen and oxygen atoms in total. The summed E-state index contributed by atoms with van der Waals surface area (Å²) >= 11 is 0. The van der Waals surface area contributed by atoms with Gasteiger partial charge in [0.2, 0.25) is 0 Å². The number of aromatic nitrogens is 2. The van der Waals surface area contributed by atoms with E-state index in [1.807, 2.05) is 19.3 Å². The molecule has 0 bridgehead atoms. The number of hydrogen-bond acceptors (Lipinski definition) is 3. The summed E-state index contributed by atoms with van der Waals surface area (Å²) in [6.07, 6.45) is 8.84. The van der Waals surface area contributed by atoms with Gasteiger partial charge < -0.3 is 5.32 Å². The highest BCUT2D eigenvalue weighted by Gasteiger charge is 2.01. The van der Waals surface area contributed by atoms with Gasteiger partial charge in [-0.3, -0.25) is 9.97 Å². The Hall–Kier alpha value is -0.960. The summed E-state index contributed by atoms with van der Waals surface area (Å²) in [5, 5.41) is 3.47. The summed E-state index contributed by atoms with van der Waals surface area (Å²) in [6, 6.07) is 0.564. The van der Waals surface area contributed by atoms with Crippen molar-refractivity contribution in [3.05, 3.63) is 23.8 Å². The zero-order valence-electron chi connectivity index (χ0n) is 10.7. The van der Waals surface area contributed by atoms with E-state index in [1.54, 1.807) is 0 Å². The number of rotatable bonds is 7. The van der Waals surface area contributed by atoms with E-state index in [0.29, 0.717) is 6.04 Å². The molecule has 1 aromatic rings. The van der Waals surface area contributed by atoms with Gasteiger partial charge in [-0.15, -0.1) is 0 Å². The summed E-state index contributed by atoms with van der Waals surface area (Å²) < 4.78 is 0. The van der Waals surface area contributed by atoms with E-state index >= 15 is 0 Å². The summed E-state index contributed by atoms with van der Waals surface area (Å²) in [7, 11) is 0. The smallest absolute Gasteiger partial charge is 0.0724 e. The van der Waals surface area contributed by atoms with E-state index in [-0.39, 0.29) is 0 Å². The molecule has 0 fully saturated rings. The first kappa shape index (κ1) is 13.1. The molecule has 1 unspecified atom stereocenters. The third kappa shape index (κ3) is 5.21. The SMILES string of the molecule is CCCCCC(C)NCc1cnc(C)cn1. The van der Waals surface area contributed by atoms with Gasteiger partial charge in [0.1, 0.15) is 0 Å². The van der Waals surface area contributed by atoms with E-state index in [9.17, 15) is 0 Å². The Morgan fingerprint density at radius 3 is 2.69 bits per heavy atom. The van der Waals surface area contributed by atoms with Crippen LogP contribution in [0.4, 0.5) is 0 Å². The molecule has 0 aliphatic heterocycles. The first-order valence-electron chi connectivity index (χ1n) is 6.23. The number of nitrogens with zero attached hydrogens (tertiary/aromatic N) is 2. The monoisotopic (exact) mass is 221 g/mol. The molecule has 0 spiro atoms. The Balaban J connectivity index is 2.20. The van der Waals surface area contributed by atoms with Crippen LogP contribution in [0.3, 0.4) is 0 Å². The Morgan fingerprint density at radius 1 is 1.25 bits per heavy atom. The maximum Gasteiger partial charge on any atom is 0.0724 e. The second-order valence-corrected chi connectivity index (χ2v) is 4.43. The van der Waals surface area contributed by atoms with Crippen LogP contribution in [0.5, 0.6) is 0 Å². The summed E-state index contributed by atoms with van der Waals surface area (Å²) in [4.78, 5) is 8.55. The molecule has 0 saturated carbocycles. The lowest BCUT2D eigenvalue weighted by Crippen LogP contribution is -2.25. The third-order valence-corrected chi connectivity index (χ3v) is 2.71. The lowest BCUT2D eigenvalue weighted by Gasteiger charge is -2.12. The fourth-order valence-corrected chi connectivity index (χ4v) is 1.59. The normalized spacial score (nSPS) is 12.7. The molecule has 0 saturated heterocycles. The standard InChI is InChI=1S/C13H23N3/c1-4-5-6-7-11(2)14-9-13-10-15-12(3)8-16-13/h8,10-11,14H,4-7,9H2,1-3H3. The maximum absolute atomic E-state index is 4.32. The van der Waals surface area contributed by atoms with Crippen LogP contribution in [-0.4, -0.2) is 16.0 Å². The predicted molar refractivity (Wildman–Crippen MR) is 67.2 cm³/mol. The fourth-order valence-electron chi connectivity index (χ4n) is 1.59. The van der Waals surface area contributed by atoms with Crippen molar-refractivity contribution in [2.45, 2.75) is 59.0 Å². The van der Waals surface area contributed by atoms with Crippen molar-refractivity contribution in [2.75, 3.05) is 0 Å². The van der Waals surface area contributed by atoms with Gasteiger partial charge in [0, 0.05) is 25.0 Å². The van der Waals surface area contributed by atoms with Crippen LogP contribution in [-0.2, 0) is 6.54 Å². The quantitative estimate of drug-likeness (QED) is 0.719. The zero-order valence-corrected chi connectivity index (χ0v) is 10.7. The van der Waals surface area contributed by atoms with Crippen molar-refractivity contribution in [3.8, 4) is 0 Å². The van der Waals surface area contributed by atoms with E-state index in [4.69, 9.17) is 0 Å². The zero-order chi connectivity index (χ0) is 11.8. The largest absolute Gasteiger partial charge is 0.309 e. The van der Waals surface area contributed by atoms with E-state index in [1.165, 1.54) is 25.7 Å². The number of unbranched alkanes of at least 4 members (excludes halogenated alkanes) is 2. The van der Waals surface area contributed by atoms with Gasteiger partial charge in [-0.2, -0.15) is 0 Å². The highest BCUT2D eigenvalue weighted by Crippen LogP contribution is 2.03. The average Bonchev–Trinajstić information content (AvgIpc) is 2.29. The molecule has 0 aromatic carbocycles. The predicted octanol–water partition coefficient (Wildman–Crippen LogP) is 2.84. The molecular formula is C13H23N3. The van der Waals surface area contributed by atoms with Crippen LogP contribution >= 0.6 is 0 Å². The molecule has 1 N–H and O–H groups in total. The minimum Gasteiger partial charge on any atom is -0.309 e. The van der Waals surface area contributed by atoms with Gasteiger partial charge in [-0.1, -0.05) is 26.2 Å². The van der Waals surface area contributed by atoms with Crippen molar-refractivity contribution in [3.63, 3.8) is 0 Å². The molecule has 16 heavy (non-hydrogen) atoms.